The molecule has 1 aromatic heterocycles. The highest BCUT2D eigenvalue weighted by molar-refractivity contribution is 4.89. The van der Waals surface area contributed by atoms with Crippen LogP contribution in [0.4, 0.5) is 0 Å². The van der Waals surface area contributed by atoms with Crippen molar-refractivity contribution in [1.29, 1.82) is 0 Å². The first kappa shape index (κ1) is 8.12. The quantitative estimate of drug-likeness (QED) is 0.448. The van der Waals surface area contributed by atoms with Crippen molar-refractivity contribution in [2.75, 3.05) is 0 Å². The summed E-state index contributed by atoms with van der Waals surface area (Å²) < 4.78 is 2.21. The molecule has 0 bridgehead atoms. The van der Waals surface area contributed by atoms with Gasteiger partial charge in [0.05, 0.1) is 0 Å². The zero-order valence-corrected chi connectivity index (χ0v) is 6.87. The molecule has 1 rings (SSSR count). The normalized spacial score (nSPS) is 9.82. The minimum atomic E-state index is 1.14. The largest absolute Gasteiger partial charge is 0.354 e. The second kappa shape index (κ2) is 4.78. The van der Waals surface area contributed by atoms with Crippen LogP contribution in [0.2, 0.25) is 0 Å². The molecule has 0 saturated carbocycles. The summed E-state index contributed by atoms with van der Waals surface area (Å²) in [6, 6.07) is 4.13. The van der Waals surface area contributed by atoms with Gasteiger partial charge in [0.2, 0.25) is 0 Å². The molecule has 0 unspecified atom stereocenters. The van der Waals surface area contributed by atoms with E-state index in [-0.39, 0.29) is 0 Å². The molecule has 0 aliphatic rings. The molecule has 0 aromatic carbocycles. The van der Waals surface area contributed by atoms with E-state index >= 15 is 0 Å². The van der Waals surface area contributed by atoms with Gasteiger partial charge < -0.3 is 4.57 Å². The van der Waals surface area contributed by atoms with Crippen LogP contribution in [-0.2, 0) is 6.54 Å². The summed E-state index contributed by atoms with van der Waals surface area (Å²) in [6.45, 7) is 4.83. The van der Waals surface area contributed by atoms with Gasteiger partial charge in [0, 0.05) is 18.9 Å². The number of aryl methyl sites for hydroxylation is 1. The molecule has 1 aromatic rings. The van der Waals surface area contributed by atoms with Crippen molar-refractivity contribution < 1.29 is 0 Å². The highest BCUT2D eigenvalue weighted by Gasteiger charge is 1.87. The average Bonchev–Trinajstić information content (AvgIpc) is 2.50. The summed E-state index contributed by atoms with van der Waals surface area (Å²) in [6.07, 6.45) is 9.83. The van der Waals surface area contributed by atoms with E-state index in [2.05, 4.69) is 35.7 Å². The molecule has 0 atom stereocenters. The molecule has 11 heavy (non-hydrogen) atoms. The van der Waals surface area contributed by atoms with Gasteiger partial charge in [0.15, 0.2) is 0 Å². The smallest absolute Gasteiger partial charge is 0.0219 e. The predicted octanol–water partition coefficient (Wildman–Crippen LogP) is 2.84. The predicted molar refractivity (Wildman–Crippen MR) is 48.5 cm³/mol. The molecular weight excluding hydrogens is 134 g/mol. The van der Waals surface area contributed by atoms with Gasteiger partial charge in [-0.2, -0.15) is 0 Å². The third-order valence-corrected chi connectivity index (χ3v) is 1.74. The topological polar surface area (TPSA) is 4.93 Å². The van der Waals surface area contributed by atoms with Crippen molar-refractivity contribution in [3.63, 3.8) is 0 Å². The van der Waals surface area contributed by atoms with Gasteiger partial charge in [-0.1, -0.05) is 6.08 Å². The monoisotopic (exact) mass is 149 g/mol. The number of allylic oxidation sites excluding steroid dienone is 1. The fourth-order valence-electron chi connectivity index (χ4n) is 1.10. The van der Waals surface area contributed by atoms with Crippen molar-refractivity contribution in [2.24, 2.45) is 0 Å². The third kappa shape index (κ3) is 3.08. The fraction of sp³-hybridized carbons (Fsp3) is 0.400. The zero-order chi connectivity index (χ0) is 7.94. The maximum absolute atomic E-state index is 3.69. The van der Waals surface area contributed by atoms with Crippen LogP contribution >= 0.6 is 0 Å². The summed E-state index contributed by atoms with van der Waals surface area (Å²) in [4.78, 5) is 0. The first-order valence-corrected chi connectivity index (χ1v) is 4.15. The Morgan fingerprint density at radius 3 is 2.55 bits per heavy atom. The molecular formula is C10H15N. The minimum absolute atomic E-state index is 1.14. The molecule has 0 fully saturated rings. The maximum Gasteiger partial charge on any atom is 0.0219 e. The van der Waals surface area contributed by atoms with Crippen LogP contribution < -0.4 is 0 Å². The van der Waals surface area contributed by atoms with Gasteiger partial charge in [0.25, 0.3) is 0 Å². The molecule has 1 nitrogen and oxygen atoms in total. The van der Waals surface area contributed by atoms with Gasteiger partial charge in [-0.25, -0.2) is 0 Å². The van der Waals surface area contributed by atoms with Gasteiger partial charge in [0.1, 0.15) is 0 Å². The lowest BCUT2D eigenvalue weighted by Crippen LogP contribution is -1.92. The molecule has 0 aliphatic heterocycles. The highest BCUT2D eigenvalue weighted by atomic mass is 14.9. The van der Waals surface area contributed by atoms with E-state index in [4.69, 9.17) is 0 Å². The lowest BCUT2D eigenvalue weighted by molar-refractivity contribution is 0.617. The Labute approximate surface area is 68.4 Å². The van der Waals surface area contributed by atoms with Crippen LogP contribution in [0, 0.1) is 0 Å². The first-order chi connectivity index (χ1) is 5.43. The number of hydrogen-bond donors (Lipinski definition) is 0. The van der Waals surface area contributed by atoms with Crippen molar-refractivity contribution in [2.45, 2.75) is 25.8 Å². The Bertz CT molecular complexity index is 187. The van der Waals surface area contributed by atoms with Gasteiger partial charge in [-0.3, -0.25) is 0 Å². The molecule has 0 N–H and O–H groups in total. The first-order valence-electron chi connectivity index (χ1n) is 4.15. The molecule has 0 aliphatic carbocycles. The lowest BCUT2D eigenvalue weighted by atomic mass is 10.2. The van der Waals surface area contributed by atoms with Crippen LogP contribution in [-0.4, -0.2) is 4.57 Å². The molecule has 0 radical (unpaired) electrons. The lowest BCUT2D eigenvalue weighted by Gasteiger charge is -1.99. The summed E-state index contributed by atoms with van der Waals surface area (Å²) in [7, 11) is 0. The van der Waals surface area contributed by atoms with Crippen LogP contribution in [0.3, 0.4) is 0 Å². The van der Waals surface area contributed by atoms with Crippen LogP contribution in [0.15, 0.2) is 37.2 Å². The Kier molecular flexibility index (Phi) is 3.53. The number of rotatable bonds is 5. The zero-order valence-electron chi connectivity index (χ0n) is 6.87. The SMILES string of the molecule is C=CCCCCn1cccc1. The van der Waals surface area contributed by atoms with E-state index in [0.29, 0.717) is 0 Å². The van der Waals surface area contributed by atoms with Crippen molar-refractivity contribution in [1.82, 2.24) is 4.57 Å². The molecule has 0 saturated heterocycles. The summed E-state index contributed by atoms with van der Waals surface area (Å²) >= 11 is 0. The number of aromatic nitrogens is 1. The van der Waals surface area contributed by atoms with E-state index in [1.165, 1.54) is 12.8 Å². The summed E-state index contributed by atoms with van der Waals surface area (Å²) in [5.74, 6) is 0. The minimum Gasteiger partial charge on any atom is -0.354 e. The Hall–Kier alpha value is -0.980. The van der Waals surface area contributed by atoms with Crippen LogP contribution in [0.1, 0.15) is 19.3 Å². The standard InChI is InChI=1S/C10H15N/c1-2-3-4-5-8-11-9-6-7-10-11/h2,6-7,9-10H,1,3-5,8H2. The number of unbranched alkanes of at least 4 members (excludes halogenated alkanes) is 2. The number of hydrogen-bond acceptors (Lipinski definition) is 0. The van der Waals surface area contributed by atoms with Crippen molar-refractivity contribution in [3.05, 3.63) is 37.2 Å². The Balaban J connectivity index is 2.09. The third-order valence-electron chi connectivity index (χ3n) is 1.74. The maximum atomic E-state index is 3.69. The van der Waals surface area contributed by atoms with E-state index in [1.54, 1.807) is 0 Å². The Morgan fingerprint density at radius 1 is 1.18 bits per heavy atom. The summed E-state index contributed by atoms with van der Waals surface area (Å²) in [5, 5.41) is 0. The molecule has 0 amide bonds. The second-order valence-corrected chi connectivity index (χ2v) is 2.71. The molecule has 60 valence electrons. The number of nitrogens with zero attached hydrogens (tertiary/aromatic N) is 1. The van der Waals surface area contributed by atoms with Crippen LogP contribution in [0.5, 0.6) is 0 Å². The van der Waals surface area contributed by atoms with Crippen LogP contribution in [0.25, 0.3) is 0 Å². The van der Waals surface area contributed by atoms with Gasteiger partial charge >= 0.3 is 0 Å². The van der Waals surface area contributed by atoms with E-state index in [1.807, 2.05) is 6.08 Å². The molecule has 0 spiro atoms. The van der Waals surface area contributed by atoms with Crippen molar-refractivity contribution >= 4 is 0 Å². The highest BCUT2D eigenvalue weighted by Crippen LogP contribution is 1.99. The summed E-state index contributed by atoms with van der Waals surface area (Å²) in [5.41, 5.74) is 0. The molecule has 1 heterocycles. The second-order valence-electron chi connectivity index (χ2n) is 2.71. The van der Waals surface area contributed by atoms with Gasteiger partial charge in [-0.15, -0.1) is 6.58 Å². The van der Waals surface area contributed by atoms with Gasteiger partial charge in [-0.05, 0) is 31.4 Å². The molecule has 1 heteroatoms. The van der Waals surface area contributed by atoms with E-state index < -0.39 is 0 Å². The fourth-order valence-corrected chi connectivity index (χ4v) is 1.10. The Morgan fingerprint density at radius 2 is 1.91 bits per heavy atom. The van der Waals surface area contributed by atoms with Crippen molar-refractivity contribution in [3.8, 4) is 0 Å². The van der Waals surface area contributed by atoms with E-state index in [9.17, 15) is 0 Å². The van der Waals surface area contributed by atoms with E-state index in [0.717, 1.165) is 13.0 Å². The average molecular weight is 149 g/mol.